The van der Waals surface area contributed by atoms with Crippen LogP contribution in [0.4, 0.5) is 5.69 Å². The van der Waals surface area contributed by atoms with Crippen molar-refractivity contribution < 1.29 is 14.8 Å². The van der Waals surface area contributed by atoms with E-state index in [1.165, 1.54) is 6.07 Å². The first kappa shape index (κ1) is 15.7. The maximum absolute atomic E-state index is 11.5. The Morgan fingerprint density at radius 1 is 1.25 bits per heavy atom. The Morgan fingerprint density at radius 2 is 1.96 bits per heavy atom. The SMILES string of the molecule is N[C@@H](Cc1c[nH]c2cc(-c3ccccc3)cc([N+](=O)[O-])c12)C(=O)O. The van der Waals surface area contributed by atoms with Crippen molar-refractivity contribution in [2.45, 2.75) is 12.5 Å². The van der Waals surface area contributed by atoms with Gasteiger partial charge in [-0.15, -0.1) is 0 Å². The summed E-state index contributed by atoms with van der Waals surface area (Å²) in [5, 5.41) is 20.9. The number of nitrogens with one attached hydrogen (secondary N) is 1. The lowest BCUT2D eigenvalue weighted by Gasteiger charge is -2.07. The molecule has 3 rings (SSSR count). The summed E-state index contributed by atoms with van der Waals surface area (Å²) in [6.45, 7) is 0. The number of aromatic nitrogens is 1. The van der Waals surface area contributed by atoms with Crippen LogP contribution in [-0.4, -0.2) is 27.0 Å². The maximum atomic E-state index is 11.5. The van der Waals surface area contributed by atoms with Crippen LogP contribution in [0.15, 0.2) is 48.7 Å². The average molecular weight is 325 g/mol. The second-order valence-electron chi connectivity index (χ2n) is 5.50. The number of carboxylic acids is 1. The number of carbonyl (C=O) groups is 1. The highest BCUT2D eigenvalue weighted by Crippen LogP contribution is 2.34. The third-order valence-corrected chi connectivity index (χ3v) is 3.90. The Balaban J connectivity index is 2.16. The van der Waals surface area contributed by atoms with E-state index in [0.29, 0.717) is 22.0 Å². The molecule has 7 nitrogen and oxygen atoms in total. The fourth-order valence-electron chi connectivity index (χ4n) is 2.74. The number of nitro benzene ring substituents is 1. The monoisotopic (exact) mass is 325 g/mol. The molecule has 0 spiro atoms. The van der Waals surface area contributed by atoms with Gasteiger partial charge in [-0.05, 0) is 22.8 Å². The molecule has 0 aliphatic carbocycles. The van der Waals surface area contributed by atoms with Gasteiger partial charge in [-0.2, -0.15) is 0 Å². The van der Waals surface area contributed by atoms with Gasteiger partial charge >= 0.3 is 5.97 Å². The number of rotatable bonds is 5. The molecule has 1 atom stereocenters. The second-order valence-corrected chi connectivity index (χ2v) is 5.50. The number of nitro groups is 1. The van der Waals surface area contributed by atoms with Crippen LogP contribution in [0.3, 0.4) is 0 Å². The zero-order valence-electron chi connectivity index (χ0n) is 12.6. The molecular weight excluding hydrogens is 310 g/mol. The third kappa shape index (κ3) is 2.84. The molecule has 0 aliphatic rings. The zero-order valence-corrected chi connectivity index (χ0v) is 12.6. The molecule has 122 valence electrons. The standard InChI is InChI=1S/C17H15N3O4/c18-13(17(21)22)6-12-9-19-14-7-11(10-4-2-1-3-5-10)8-15(16(12)14)20(23)24/h1-5,7-9,13,19H,6,18H2,(H,21,22)/t13-/m0/s1. The molecule has 0 saturated carbocycles. The number of fused-ring (bicyclic) bond motifs is 1. The predicted molar refractivity (Wildman–Crippen MR) is 89.7 cm³/mol. The largest absolute Gasteiger partial charge is 0.480 e. The topological polar surface area (TPSA) is 122 Å². The molecule has 0 radical (unpaired) electrons. The van der Waals surface area contributed by atoms with E-state index in [1.54, 1.807) is 6.20 Å². The van der Waals surface area contributed by atoms with Crippen LogP contribution in [0, 0.1) is 10.1 Å². The van der Waals surface area contributed by atoms with Gasteiger partial charge in [0.1, 0.15) is 6.04 Å². The smallest absolute Gasteiger partial charge is 0.320 e. The number of hydrogen-bond acceptors (Lipinski definition) is 4. The van der Waals surface area contributed by atoms with Crippen LogP contribution in [0.2, 0.25) is 0 Å². The van der Waals surface area contributed by atoms with Gasteiger partial charge in [0.05, 0.1) is 15.8 Å². The summed E-state index contributed by atoms with van der Waals surface area (Å²) < 4.78 is 0. The lowest BCUT2D eigenvalue weighted by atomic mass is 9.99. The molecule has 1 heterocycles. The molecule has 0 aliphatic heterocycles. The minimum absolute atomic E-state index is 0.0147. The van der Waals surface area contributed by atoms with E-state index in [9.17, 15) is 14.9 Å². The van der Waals surface area contributed by atoms with Crippen LogP contribution in [0.5, 0.6) is 0 Å². The molecule has 0 amide bonds. The van der Waals surface area contributed by atoms with Crippen molar-refractivity contribution in [2.75, 3.05) is 0 Å². The molecule has 1 aromatic heterocycles. The van der Waals surface area contributed by atoms with E-state index in [2.05, 4.69) is 4.98 Å². The molecule has 0 bridgehead atoms. The Labute approximate surface area is 136 Å². The number of carboxylic acid groups (broad SMARTS) is 1. The molecule has 24 heavy (non-hydrogen) atoms. The van der Waals surface area contributed by atoms with Gasteiger partial charge in [-0.3, -0.25) is 14.9 Å². The molecule has 0 fully saturated rings. The van der Waals surface area contributed by atoms with Gasteiger partial charge in [-0.25, -0.2) is 0 Å². The Hall–Kier alpha value is -3.19. The van der Waals surface area contributed by atoms with Crippen LogP contribution >= 0.6 is 0 Å². The van der Waals surface area contributed by atoms with Gasteiger partial charge in [-0.1, -0.05) is 30.3 Å². The van der Waals surface area contributed by atoms with Gasteiger partial charge in [0.15, 0.2) is 0 Å². The minimum Gasteiger partial charge on any atom is -0.480 e. The summed E-state index contributed by atoms with van der Waals surface area (Å²) in [6, 6.07) is 11.5. The van der Waals surface area contributed by atoms with E-state index in [1.807, 2.05) is 36.4 Å². The van der Waals surface area contributed by atoms with Gasteiger partial charge in [0, 0.05) is 18.7 Å². The maximum Gasteiger partial charge on any atom is 0.320 e. The Kier molecular flexibility index (Phi) is 4.01. The Bertz CT molecular complexity index is 918. The fraction of sp³-hybridized carbons (Fsp3) is 0.118. The highest BCUT2D eigenvalue weighted by Gasteiger charge is 2.22. The van der Waals surface area contributed by atoms with E-state index >= 15 is 0 Å². The lowest BCUT2D eigenvalue weighted by molar-refractivity contribution is -0.383. The Morgan fingerprint density at radius 3 is 2.58 bits per heavy atom. The summed E-state index contributed by atoms with van der Waals surface area (Å²) in [6.07, 6.45) is 1.59. The first-order valence-corrected chi connectivity index (χ1v) is 7.29. The molecular formula is C17H15N3O4. The van der Waals surface area contributed by atoms with Crippen molar-refractivity contribution in [1.29, 1.82) is 0 Å². The van der Waals surface area contributed by atoms with E-state index in [-0.39, 0.29) is 12.1 Å². The van der Waals surface area contributed by atoms with Gasteiger partial charge in [0.25, 0.3) is 5.69 Å². The first-order chi connectivity index (χ1) is 11.5. The lowest BCUT2D eigenvalue weighted by Crippen LogP contribution is -2.32. The van der Waals surface area contributed by atoms with Crippen LogP contribution in [0.1, 0.15) is 5.56 Å². The van der Waals surface area contributed by atoms with Crippen molar-refractivity contribution in [3.05, 3.63) is 64.3 Å². The number of aromatic amines is 1. The zero-order chi connectivity index (χ0) is 17.3. The minimum atomic E-state index is -1.15. The number of hydrogen-bond donors (Lipinski definition) is 3. The number of non-ortho nitro benzene ring substituents is 1. The average Bonchev–Trinajstić information content (AvgIpc) is 2.97. The predicted octanol–water partition coefficient (Wildman–Crippen LogP) is 2.70. The second kappa shape index (κ2) is 6.13. The molecule has 7 heteroatoms. The van der Waals surface area contributed by atoms with Crippen molar-refractivity contribution in [3.63, 3.8) is 0 Å². The number of H-pyrrole nitrogens is 1. The van der Waals surface area contributed by atoms with Gasteiger partial charge < -0.3 is 15.8 Å². The van der Waals surface area contributed by atoms with Crippen LogP contribution < -0.4 is 5.73 Å². The van der Waals surface area contributed by atoms with Crippen molar-refractivity contribution in [3.8, 4) is 11.1 Å². The number of nitrogens with zero attached hydrogens (tertiary/aromatic N) is 1. The quantitative estimate of drug-likeness (QED) is 0.491. The number of benzene rings is 2. The summed E-state index contributed by atoms with van der Waals surface area (Å²) >= 11 is 0. The summed E-state index contributed by atoms with van der Waals surface area (Å²) in [4.78, 5) is 25.0. The highest BCUT2D eigenvalue weighted by molar-refractivity contribution is 5.96. The molecule has 0 saturated heterocycles. The number of nitrogens with two attached hydrogens (primary N) is 1. The fourth-order valence-corrected chi connectivity index (χ4v) is 2.74. The molecule has 2 aromatic carbocycles. The summed E-state index contributed by atoms with van der Waals surface area (Å²) in [7, 11) is 0. The summed E-state index contributed by atoms with van der Waals surface area (Å²) in [5.74, 6) is -1.15. The van der Waals surface area contributed by atoms with Gasteiger partial charge in [0.2, 0.25) is 0 Å². The summed E-state index contributed by atoms with van der Waals surface area (Å²) in [5.41, 5.74) is 8.17. The third-order valence-electron chi connectivity index (χ3n) is 3.90. The van der Waals surface area contributed by atoms with Crippen molar-refractivity contribution in [1.82, 2.24) is 4.98 Å². The van der Waals surface area contributed by atoms with E-state index in [0.717, 1.165) is 5.56 Å². The van der Waals surface area contributed by atoms with E-state index < -0.39 is 16.9 Å². The molecule has 3 aromatic rings. The van der Waals surface area contributed by atoms with Crippen molar-refractivity contribution >= 4 is 22.6 Å². The van der Waals surface area contributed by atoms with Crippen LogP contribution in [0.25, 0.3) is 22.0 Å². The molecule has 4 N–H and O–H groups in total. The molecule has 0 unspecified atom stereocenters. The number of aliphatic carboxylic acids is 1. The van der Waals surface area contributed by atoms with Crippen LogP contribution in [-0.2, 0) is 11.2 Å². The normalized spacial score (nSPS) is 12.2. The van der Waals surface area contributed by atoms with E-state index in [4.69, 9.17) is 10.8 Å². The highest BCUT2D eigenvalue weighted by atomic mass is 16.6. The first-order valence-electron chi connectivity index (χ1n) is 7.29. The van der Waals surface area contributed by atoms with Crippen molar-refractivity contribution in [2.24, 2.45) is 5.73 Å².